The fraction of sp³-hybridized carbons (Fsp3) is 0.786. The molecule has 7 nitrogen and oxygen atoms in total. The number of hydrogen-bond acceptors (Lipinski definition) is 7. The van der Waals surface area contributed by atoms with E-state index >= 15 is 0 Å². The van der Waals surface area contributed by atoms with Gasteiger partial charge in [-0.1, -0.05) is 26.7 Å². The highest BCUT2D eigenvalue weighted by Crippen LogP contribution is 1.93. The molecule has 21 heavy (non-hydrogen) atoms. The first-order valence-corrected chi connectivity index (χ1v) is 7.00. The highest BCUT2D eigenvalue weighted by atomic mass is 16.6. The average Bonchev–Trinajstić information content (AvgIpc) is 2.47. The summed E-state index contributed by atoms with van der Waals surface area (Å²) >= 11 is 0. The molecule has 0 heterocycles. The summed E-state index contributed by atoms with van der Waals surface area (Å²) in [6.07, 6.45) is 2.41. The number of esters is 3. The summed E-state index contributed by atoms with van der Waals surface area (Å²) in [4.78, 5) is 31.9. The minimum Gasteiger partial charge on any atom is -0.467 e. The zero-order valence-corrected chi connectivity index (χ0v) is 13.2. The second-order valence-corrected chi connectivity index (χ2v) is 4.18. The minimum absolute atomic E-state index is 0.290. The van der Waals surface area contributed by atoms with Crippen molar-refractivity contribution in [2.75, 3.05) is 20.3 Å². The van der Waals surface area contributed by atoms with Crippen molar-refractivity contribution in [1.29, 1.82) is 0 Å². The van der Waals surface area contributed by atoms with E-state index in [1.54, 1.807) is 0 Å². The Bertz CT molecular complexity index is 280. The van der Waals surface area contributed by atoms with Crippen molar-refractivity contribution in [2.45, 2.75) is 52.6 Å². The minimum atomic E-state index is -0.995. The molecular formula is C14H26O7. The molecule has 1 unspecified atom stereocenters. The zero-order chi connectivity index (χ0) is 16.7. The van der Waals surface area contributed by atoms with Gasteiger partial charge >= 0.3 is 17.9 Å². The quantitative estimate of drug-likeness (QED) is 0.326. The zero-order valence-electron chi connectivity index (χ0n) is 13.2. The standard InChI is InChI=1S/C10H18O4.C4H8O3/c1-3-5-7-13-9(11)10(12)14-8-6-4-2;1-3(5)4(6)7-2/h3-8H2,1-2H3;3,5H,1-2H3. The van der Waals surface area contributed by atoms with E-state index in [0.29, 0.717) is 0 Å². The number of unbranched alkanes of at least 4 members (excludes halogenated alkanes) is 2. The van der Waals surface area contributed by atoms with Crippen LogP contribution in [0.15, 0.2) is 0 Å². The fourth-order valence-corrected chi connectivity index (χ4v) is 0.907. The first-order valence-electron chi connectivity index (χ1n) is 7.00. The van der Waals surface area contributed by atoms with Crippen LogP contribution in [-0.2, 0) is 28.6 Å². The Morgan fingerprint density at radius 2 is 1.33 bits per heavy atom. The number of carbonyl (C=O) groups is 3. The first-order chi connectivity index (χ1) is 9.90. The molecule has 0 aliphatic carbocycles. The maximum absolute atomic E-state index is 10.9. The number of aliphatic hydroxyl groups is 1. The number of rotatable bonds is 7. The van der Waals surface area contributed by atoms with Gasteiger partial charge in [-0.05, 0) is 19.8 Å². The third kappa shape index (κ3) is 14.6. The van der Waals surface area contributed by atoms with E-state index in [2.05, 4.69) is 14.2 Å². The van der Waals surface area contributed by atoms with Crippen LogP contribution in [0.25, 0.3) is 0 Å². The SMILES string of the molecule is CCCCOC(=O)C(=O)OCCCC.COC(=O)C(C)O. The lowest BCUT2D eigenvalue weighted by atomic mass is 10.4. The molecule has 0 saturated carbocycles. The number of hydrogen-bond donors (Lipinski definition) is 1. The van der Waals surface area contributed by atoms with Gasteiger partial charge < -0.3 is 19.3 Å². The van der Waals surface area contributed by atoms with E-state index < -0.39 is 24.0 Å². The number of ether oxygens (including phenoxy) is 3. The van der Waals surface area contributed by atoms with Crippen LogP contribution in [0.1, 0.15) is 46.5 Å². The van der Waals surface area contributed by atoms with Gasteiger partial charge in [0.15, 0.2) is 0 Å². The van der Waals surface area contributed by atoms with Crippen molar-refractivity contribution in [2.24, 2.45) is 0 Å². The van der Waals surface area contributed by atoms with Crippen LogP contribution in [0.4, 0.5) is 0 Å². The van der Waals surface area contributed by atoms with Gasteiger partial charge in [-0.3, -0.25) is 0 Å². The lowest BCUT2D eigenvalue weighted by Crippen LogP contribution is -2.21. The predicted octanol–water partition coefficient (Wildman–Crippen LogP) is 1.21. The third-order valence-corrected chi connectivity index (χ3v) is 2.17. The van der Waals surface area contributed by atoms with Gasteiger partial charge in [0, 0.05) is 0 Å². The number of aliphatic hydroxyl groups excluding tert-OH is 1. The van der Waals surface area contributed by atoms with E-state index in [4.69, 9.17) is 5.11 Å². The summed E-state index contributed by atoms with van der Waals surface area (Å²) in [6, 6.07) is 0. The fourth-order valence-electron chi connectivity index (χ4n) is 0.907. The van der Waals surface area contributed by atoms with Crippen LogP contribution < -0.4 is 0 Å². The molecule has 0 saturated heterocycles. The van der Waals surface area contributed by atoms with Crippen LogP contribution in [0.3, 0.4) is 0 Å². The first kappa shape index (κ1) is 21.7. The van der Waals surface area contributed by atoms with Gasteiger partial charge in [0.2, 0.25) is 0 Å². The molecule has 0 aromatic carbocycles. The van der Waals surface area contributed by atoms with Crippen molar-refractivity contribution in [3.63, 3.8) is 0 Å². The smallest absolute Gasteiger partial charge is 0.417 e. The largest absolute Gasteiger partial charge is 0.467 e. The molecule has 0 aromatic rings. The van der Waals surface area contributed by atoms with Gasteiger partial charge in [-0.2, -0.15) is 0 Å². The molecule has 7 heteroatoms. The lowest BCUT2D eigenvalue weighted by molar-refractivity contribution is -0.167. The maximum Gasteiger partial charge on any atom is 0.417 e. The van der Waals surface area contributed by atoms with E-state index in [9.17, 15) is 14.4 Å². The monoisotopic (exact) mass is 306 g/mol. The van der Waals surface area contributed by atoms with Crippen LogP contribution in [0.5, 0.6) is 0 Å². The number of methoxy groups -OCH3 is 1. The van der Waals surface area contributed by atoms with Crippen molar-refractivity contribution < 1.29 is 33.7 Å². The highest BCUT2D eigenvalue weighted by molar-refractivity contribution is 6.29. The van der Waals surface area contributed by atoms with Gasteiger partial charge in [0.25, 0.3) is 0 Å². The van der Waals surface area contributed by atoms with Gasteiger partial charge in [0.05, 0.1) is 20.3 Å². The van der Waals surface area contributed by atoms with Gasteiger partial charge in [-0.15, -0.1) is 0 Å². The Balaban J connectivity index is 0. The molecule has 0 aliphatic heterocycles. The van der Waals surface area contributed by atoms with Crippen LogP contribution in [0.2, 0.25) is 0 Å². The van der Waals surface area contributed by atoms with Crippen molar-refractivity contribution >= 4 is 17.9 Å². The summed E-state index contributed by atoms with van der Waals surface area (Å²) in [5.74, 6) is -2.36. The summed E-state index contributed by atoms with van der Waals surface area (Å²) in [5, 5.41) is 8.35. The molecule has 0 rings (SSSR count). The van der Waals surface area contributed by atoms with Gasteiger partial charge in [0.1, 0.15) is 6.10 Å². The summed E-state index contributed by atoms with van der Waals surface area (Å²) in [6.45, 7) is 5.89. The Morgan fingerprint density at radius 3 is 1.52 bits per heavy atom. The molecular weight excluding hydrogens is 280 g/mol. The summed E-state index contributed by atoms with van der Waals surface area (Å²) < 4.78 is 13.4. The molecule has 0 radical (unpaired) electrons. The van der Waals surface area contributed by atoms with Crippen LogP contribution >= 0.6 is 0 Å². The third-order valence-electron chi connectivity index (χ3n) is 2.17. The lowest BCUT2D eigenvalue weighted by Gasteiger charge is -2.03. The predicted molar refractivity (Wildman–Crippen MR) is 75.4 cm³/mol. The van der Waals surface area contributed by atoms with E-state index in [-0.39, 0.29) is 13.2 Å². The average molecular weight is 306 g/mol. The number of carbonyl (C=O) groups excluding carboxylic acids is 3. The molecule has 0 fully saturated rings. The molecule has 1 atom stereocenters. The maximum atomic E-state index is 10.9. The Morgan fingerprint density at radius 1 is 0.952 bits per heavy atom. The highest BCUT2D eigenvalue weighted by Gasteiger charge is 2.16. The molecule has 0 amide bonds. The van der Waals surface area contributed by atoms with Crippen molar-refractivity contribution in [3.8, 4) is 0 Å². The Kier molecular flexibility index (Phi) is 15.2. The van der Waals surface area contributed by atoms with Gasteiger partial charge in [-0.25, -0.2) is 14.4 Å². The van der Waals surface area contributed by atoms with Crippen LogP contribution in [-0.4, -0.2) is 49.4 Å². The molecule has 124 valence electrons. The molecule has 0 aromatic heterocycles. The normalized spacial score (nSPS) is 10.7. The summed E-state index contributed by atoms with van der Waals surface area (Å²) in [5.41, 5.74) is 0. The van der Waals surface area contributed by atoms with E-state index in [0.717, 1.165) is 25.7 Å². The van der Waals surface area contributed by atoms with E-state index in [1.165, 1.54) is 14.0 Å². The molecule has 1 N–H and O–H groups in total. The summed E-state index contributed by atoms with van der Waals surface area (Å²) in [7, 11) is 1.23. The van der Waals surface area contributed by atoms with Crippen molar-refractivity contribution in [3.05, 3.63) is 0 Å². The van der Waals surface area contributed by atoms with E-state index in [1.807, 2.05) is 13.8 Å². The second kappa shape index (κ2) is 14.8. The Hall–Kier alpha value is -1.63. The second-order valence-electron chi connectivity index (χ2n) is 4.18. The molecule has 0 spiro atoms. The van der Waals surface area contributed by atoms with Crippen LogP contribution in [0, 0.1) is 0 Å². The topological polar surface area (TPSA) is 99.1 Å². The molecule has 0 aliphatic rings. The van der Waals surface area contributed by atoms with Crippen molar-refractivity contribution in [1.82, 2.24) is 0 Å². The molecule has 0 bridgehead atoms. The Labute approximate surface area is 125 Å².